The molecule has 1 aliphatic heterocycles. The van der Waals surface area contributed by atoms with E-state index in [-0.39, 0.29) is 12.1 Å². The molecule has 1 fully saturated rings. The molecular weight excluding hydrogens is 304 g/mol. The summed E-state index contributed by atoms with van der Waals surface area (Å²) in [5.74, 6) is 0. The number of hydrogen-bond acceptors (Lipinski definition) is 4. The molecule has 0 spiro atoms. The van der Waals surface area contributed by atoms with Crippen molar-refractivity contribution < 1.29 is 9.53 Å². The second-order valence-corrected chi connectivity index (χ2v) is 6.94. The molecule has 4 nitrogen and oxygen atoms in total. The number of thiophene rings is 2. The van der Waals surface area contributed by atoms with E-state index in [9.17, 15) is 4.79 Å². The van der Waals surface area contributed by atoms with Crippen molar-refractivity contribution >= 4 is 33.7 Å². The highest BCUT2D eigenvalue weighted by Crippen LogP contribution is 2.22. The number of carbonyl (C=O) groups excluding carboxylic acids is 1. The summed E-state index contributed by atoms with van der Waals surface area (Å²) < 4.78 is 5.42. The molecule has 1 aliphatic rings. The van der Waals surface area contributed by atoms with Crippen molar-refractivity contribution in [3.05, 3.63) is 39.9 Å². The van der Waals surface area contributed by atoms with Crippen LogP contribution in [0.25, 0.3) is 0 Å². The zero-order valence-electron chi connectivity index (χ0n) is 11.7. The molecule has 0 radical (unpaired) electrons. The summed E-state index contributed by atoms with van der Waals surface area (Å²) in [6, 6.07) is 8.21. The first-order chi connectivity index (χ1) is 10.3. The molecule has 0 aromatic carbocycles. The van der Waals surface area contributed by atoms with E-state index < -0.39 is 0 Å². The average molecular weight is 322 g/mol. The number of nitrogens with one attached hydrogen (secondary N) is 1. The number of anilines is 1. The van der Waals surface area contributed by atoms with Gasteiger partial charge in [-0.25, -0.2) is 4.79 Å². The summed E-state index contributed by atoms with van der Waals surface area (Å²) in [6.07, 6.45) is 1.81. The van der Waals surface area contributed by atoms with E-state index in [1.54, 1.807) is 22.7 Å². The van der Waals surface area contributed by atoms with Gasteiger partial charge in [-0.05, 0) is 41.8 Å². The highest BCUT2D eigenvalue weighted by molar-refractivity contribution is 7.14. The van der Waals surface area contributed by atoms with Gasteiger partial charge in [0.05, 0.1) is 11.5 Å². The molecule has 0 saturated carbocycles. The summed E-state index contributed by atoms with van der Waals surface area (Å²) in [4.78, 5) is 15.8. The third-order valence-corrected chi connectivity index (χ3v) is 5.20. The molecular formula is C15H18N2O2S2. The summed E-state index contributed by atoms with van der Waals surface area (Å²) in [6.45, 7) is 2.13. The Bertz CT molecular complexity index is 548. The smallest absolute Gasteiger partial charge is 0.323 e. The molecule has 0 atom stereocenters. The second kappa shape index (κ2) is 7.06. The standard InChI is InChI=1S/C15H18N2O2S2/c18-15(16-14-4-2-10-21-14)17(11-13-3-1-9-20-13)12-5-7-19-8-6-12/h1-4,9-10,12H,5-8,11H2,(H,16,18). The number of hydrogen-bond donors (Lipinski definition) is 1. The minimum atomic E-state index is -0.0160. The van der Waals surface area contributed by atoms with Gasteiger partial charge in [0.25, 0.3) is 0 Å². The topological polar surface area (TPSA) is 41.6 Å². The number of amides is 2. The van der Waals surface area contributed by atoms with Gasteiger partial charge < -0.3 is 9.64 Å². The van der Waals surface area contributed by atoms with Crippen LogP contribution in [0.4, 0.5) is 9.80 Å². The molecule has 3 heterocycles. The van der Waals surface area contributed by atoms with E-state index in [0.717, 1.165) is 31.1 Å². The summed E-state index contributed by atoms with van der Waals surface area (Å²) in [7, 11) is 0. The Kier molecular flexibility index (Phi) is 4.90. The lowest BCUT2D eigenvalue weighted by atomic mass is 10.1. The van der Waals surface area contributed by atoms with Gasteiger partial charge in [0.1, 0.15) is 0 Å². The molecule has 2 aromatic rings. The van der Waals surface area contributed by atoms with Gasteiger partial charge in [-0.2, -0.15) is 0 Å². The van der Waals surface area contributed by atoms with Gasteiger partial charge in [0.2, 0.25) is 0 Å². The fourth-order valence-corrected chi connectivity index (χ4v) is 3.77. The second-order valence-electron chi connectivity index (χ2n) is 4.96. The number of carbonyl (C=O) groups is 1. The van der Waals surface area contributed by atoms with Crippen molar-refractivity contribution in [3.8, 4) is 0 Å². The fraction of sp³-hybridized carbons (Fsp3) is 0.400. The Labute approximate surface area is 132 Å². The third kappa shape index (κ3) is 3.84. The lowest BCUT2D eigenvalue weighted by molar-refractivity contribution is 0.0462. The van der Waals surface area contributed by atoms with Crippen molar-refractivity contribution in [3.63, 3.8) is 0 Å². The van der Waals surface area contributed by atoms with Gasteiger partial charge in [0, 0.05) is 24.1 Å². The van der Waals surface area contributed by atoms with Crippen molar-refractivity contribution in [2.45, 2.75) is 25.4 Å². The molecule has 3 rings (SSSR count). The Morgan fingerprint density at radius 3 is 2.67 bits per heavy atom. The molecule has 112 valence electrons. The van der Waals surface area contributed by atoms with Gasteiger partial charge >= 0.3 is 6.03 Å². The van der Waals surface area contributed by atoms with E-state index >= 15 is 0 Å². The van der Waals surface area contributed by atoms with Crippen LogP contribution in [0.1, 0.15) is 17.7 Å². The highest BCUT2D eigenvalue weighted by Gasteiger charge is 2.26. The largest absolute Gasteiger partial charge is 0.381 e. The summed E-state index contributed by atoms with van der Waals surface area (Å²) in [5, 5.41) is 7.91. The minimum absolute atomic E-state index is 0.0160. The van der Waals surface area contributed by atoms with Gasteiger partial charge in [-0.15, -0.1) is 22.7 Å². The molecule has 0 bridgehead atoms. The lowest BCUT2D eigenvalue weighted by Gasteiger charge is -2.34. The van der Waals surface area contributed by atoms with Crippen LogP contribution in [0.5, 0.6) is 0 Å². The highest BCUT2D eigenvalue weighted by atomic mass is 32.1. The molecule has 2 aromatic heterocycles. The number of rotatable bonds is 4. The van der Waals surface area contributed by atoms with Crippen LogP contribution in [0.15, 0.2) is 35.0 Å². The predicted molar refractivity (Wildman–Crippen MR) is 87.0 cm³/mol. The van der Waals surface area contributed by atoms with E-state index in [1.807, 2.05) is 28.5 Å². The minimum Gasteiger partial charge on any atom is -0.381 e. The van der Waals surface area contributed by atoms with Gasteiger partial charge in [-0.1, -0.05) is 6.07 Å². The summed E-state index contributed by atoms with van der Waals surface area (Å²) >= 11 is 3.23. The first-order valence-electron chi connectivity index (χ1n) is 7.04. The number of ether oxygens (including phenoxy) is 1. The molecule has 1 saturated heterocycles. The predicted octanol–water partition coefficient (Wildman–Crippen LogP) is 4.02. The van der Waals surface area contributed by atoms with Crippen molar-refractivity contribution in [2.24, 2.45) is 0 Å². The van der Waals surface area contributed by atoms with Gasteiger partial charge in [0.15, 0.2) is 0 Å². The Balaban J connectivity index is 1.72. The quantitative estimate of drug-likeness (QED) is 0.923. The maximum atomic E-state index is 12.6. The molecule has 2 amide bonds. The molecule has 21 heavy (non-hydrogen) atoms. The normalized spacial score (nSPS) is 15.8. The molecule has 1 N–H and O–H groups in total. The maximum absolute atomic E-state index is 12.6. The Morgan fingerprint density at radius 2 is 2.00 bits per heavy atom. The van der Waals surface area contributed by atoms with Crippen LogP contribution < -0.4 is 5.32 Å². The monoisotopic (exact) mass is 322 g/mol. The zero-order chi connectivity index (χ0) is 14.5. The van der Waals surface area contributed by atoms with Crippen LogP contribution in [0, 0.1) is 0 Å². The molecule has 6 heteroatoms. The van der Waals surface area contributed by atoms with Crippen molar-refractivity contribution in [1.82, 2.24) is 4.90 Å². The van der Waals surface area contributed by atoms with Crippen LogP contribution >= 0.6 is 22.7 Å². The van der Waals surface area contributed by atoms with Crippen molar-refractivity contribution in [2.75, 3.05) is 18.5 Å². The SMILES string of the molecule is O=C(Nc1cccs1)N(Cc1cccs1)C1CCOCC1. The molecule has 0 aliphatic carbocycles. The molecule has 0 unspecified atom stereocenters. The third-order valence-electron chi connectivity index (χ3n) is 3.55. The maximum Gasteiger partial charge on any atom is 0.323 e. The van der Waals surface area contributed by atoms with E-state index in [4.69, 9.17) is 4.74 Å². The lowest BCUT2D eigenvalue weighted by Crippen LogP contribution is -2.44. The number of nitrogens with zero attached hydrogens (tertiary/aromatic N) is 1. The Hall–Kier alpha value is -1.37. The van der Waals surface area contributed by atoms with Gasteiger partial charge in [-0.3, -0.25) is 5.32 Å². The van der Waals surface area contributed by atoms with Crippen LogP contribution in [0.3, 0.4) is 0 Å². The van der Waals surface area contributed by atoms with E-state index in [2.05, 4.69) is 16.8 Å². The first-order valence-corrected chi connectivity index (χ1v) is 8.80. The zero-order valence-corrected chi connectivity index (χ0v) is 13.3. The summed E-state index contributed by atoms with van der Waals surface area (Å²) in [5.41, 5.74) is 0. The average Bonchev–Trinajstić information content (AvgIpc) is 3.19. The fourth-order valence-electron chi connectivity index (χ4n) is 2.46. The van der Waals surface area contributed by atoms with E-state index in [0.29, 0.717) is 6.54 Å². The van der Waals surface area contributed by atoms with Crippen LogP contribution in [-0.4, -0.2) is 30.2 Å². The first kappa shape index (κ1) is 14.6. The Morgan fingerprint density at radius 1 is 1.24 bits per heavy atom. The van der Waals surface area contributed by atoms with Crippen molar-refractivity contribution in [1.29, 1.82) is 0 Å². The number of urea groups is 1. The van der Waals surface area contributed by atoms with Crippen LogP contribution in [-0.2, 0) is 11.3 Å². The van der Waals surface area contributed by atoms with E-state index in [1.165, 1.54) is 4.88 Å². The van der Waals surface area contributed by atoms with Crippen LogP contribution in [0.2, 0.25) is 0 Å².